The van der Waals surface area contributed by atoms with Gasteiger partial charge in [0.05, 0.1) is 17.4 Å². The molecule has 1 amide bonds. The molecule has 1 aromatic heterocycles. The van der Waals surface area contributed by atoms with Gasteiger partial charge in [0.1, 0.15) is 18.1 Å². The normalized spacial score (nSPS) is 13.2. The molecule has 7 nitrogen and oxygen atoms in total. The molecule has 0 saturated heterocycles. The van der Waals surface area contributed by atoms with E-state index in [1.165, 1.54) is 5.56 Å². The van der Waals surface area contributed by atoms with Gasteiger partial charge in [0.2, 0.25) is 0 Å². The fourth-order valence-electron chi connectivity index (χ4n) is 3.77. The number of rotatable bonds is 8. The molecule has 7 heteroatoms. The molecule has 0 N–H and O–H groups in total. The Bertz CT molecular complexity index is 1120. The average Bonchev–Trinajstić information content (AvgIpc) is 3.30. The van der Waals surface area contributed by atoms with Crippen molar-refractivity contribution >= 4 is 17.4 Å². The Morgan fingerprint density at radius 3 is 2.68 bits per heavy atom. The number of fused-ring (bicyclic) bond motifs is 1. The van der Waals surface area contributed by atoms with Crippen molar-refractivity contribution in [2.75, 3.05) is 11.4 Å². The standard InChI is InChI=1S/C24H26N4O3/c1-16(2)19-10-9-17(3)13-22(19)31-15-18-14-27(26-25-18)11-6-12-28-21-8-5-4-7-20(21)23(29)24(28)30/h4-5,7-10,13-14,16H,6,11-12,15H2,1-3H3. The van der Waals surface area contributed by atoms with Crippen LogP contribution in [0.25, 0.3) is 0 Å². The first kappa shape index (κ1) is 20.8. The second-order valence-corrected chi connectivity index (χ2v) is 8.11. The van der Waals surface area contributed by atoms with Crippen LogP contribution in [0.2, 0.25) is 0 Å². The van der Waals surface area contributed by atoms with Gasteiger partial charge < -0.3 is 9.64 Å². The van der Waals surface area contributed by atoms with Gasteiger partial charge in [-0.2, -0.15) is 0 Å². The summed E-state index contributed by atoms with van der Waals surface area (Å²) in [5.41, 5.74) is 4.23. The van der Waals surface area contributed by atoms with Crippen molar-refractivity contribution in [1.82, 2.24) is 15.0 Å². The number of aryl methyl sites for hydroxylation is 2. The molecule has 31 heavy (non-hydrogen) atoms. The third-order valence-electron chi connectivity index (χ3n) is 5.40. The first-order valence-electron chi connectivity index (χ1n) is 10.5. The van der Waals surface area contributed by atoms with E-state index in [4.69, 9.17) is 4.74 Å². The lowest BCUT2D eigenvalue weighted by Crippen LogP contribution is -2.31. The number of ketones is 1. The topological polar surface area (TPSA) is 77.3 Å². The van der Waals surface area contributed by atoms with Crippen LogP contribution >= 0.6 is 0 Å². The Kier molecular flexibility index (Phi) is 5.84. The molecule has 0 bridgehead atoms. The molecule has 1 aliphatic heterocycles. The van der Waals surface area contributed by atoms with Crippen molar-refractivity contribution in [3.05, 3.63) is 71.0 Å². The third kappa shape index (κ3) is 4.35. The lowest BCUT2D eigenvalue weighted by atomic mass is 10.0. The fourth-order valence-corrected chi connectivity index (χ4v) is 3.77. The van der Waals surface area contributed by atoms with Gasteiger partial charge >= 0.3 is 0 Å². The van der Waals surface area contributed by atoms with Crippen molar-refractivity contribution < 1.29 is 14.3 Å². The summed E-state index contributed by atoms with van der Waals surface area (Å²) in [5, 5.41) is 8.36. The van der Waals surface area contributed by atoms with Crippen molar-refractivity contribution in [2.45, 2.75) is 46.3 Å². The van der Waals surface area contributed by atoms with E-state index in [0.717, 1.165) is 17.0 Å². The molecule has 0 unspecified atom stereocenters. The monoisotopic (exact) mass is 418 g/mol. The lowest BCUT2D eigenvalue weighted by molar-refractivity contribution is -0.114. The molecule has 1 aliphatic rings. The minimum Gasteiger partial charge on any atom is -0.487 e. The maximum atomic E-state index is 12.3. The SMILES string of the molecule is Cc1ccc(C(C)C)c(OCc2cn(CCCN3C(=O)C(=O)c4ccccc43)nn2)c1. The number of hydrogen-bond acceptors (Lipinski definition) is 5. The number of hydrogen-bond donors (Lipinski definition) is 0. The largest absolute Gasteiger partial charge is 0.487 e. The van der Waals surface area contributed by atoms with E-state index in [2.05, 4.69) is 36.3 Å². The van der Waals surface area contributed by atoms with Crippen LogP contribution in [0.4, 0.5) is 5.69 Å². The van der Waals surface area contributed by atoms with E-state index in [1.54, 1.807) is 27.8 Å². The van der Waals surface area contributed by atoms with E-state index in [-0.39, 0.29) is 0 Å². The van der Waals surface area contributed by atoms with Crippen LogP contribution < -0.4 is 9.64 Å². The van der Waals surface area contributed by atoms with Crippen LogP contribution in [-0.2, 0) is 17.9 Å². The Balaban J connectivity index is 1.33. The minimum atomic E-state index is -0.465. The van der Waals surface area contributed by atoms with Crippen LogP contribution in [0.15, 0.2) is 48.7 Å². The summed E-state index contributed by atoms with van der Waals surface area (Å²) >= 11 is 0. The van der Waals surface area contributed by atoms with E-state index in [1.807, 2.05) is 25.3 Å². The van der Waals surface area contributed by atoms with Crippen molar-refractivity contribution in [3.63, 3.8) is 0 Å². The Labute approximate surface area is 181 Å². The number of ether oxygens (including phenoxy) is 1. The highest BCUT2D eigenvalue weighted by Gasteiger charge is 2.34. The van der Waals surface area contributed by atoms with Crippen molar-refractivity contribution in [1.29, 1.82) is 0 Å². The number of carbonyl (C=O) groups is 2. The van der Waals surface area contributed by atoms with Gasteiger partial charge in [0, 0.05) is 13.1 Å². The summed E-state index contributed by atoms with van der Waals surface area (Å²) in [4.78, 5) is 25.9. The summed E-state index contributed by atoms with van der Waals surface area (Å²) < 4.78 is 7.77. The fraction of sp³-hybridized carbons (Fsp3) is 0.333. The molecule has 4 rings (SSSR count). The van der Waals surface area contributed by atoms with Crippen molar-refractivity contribution in [3.8, 4) is 5.75 Å². The number of carbonyl (C=O) groups excluding carboxylic acids is 2. The van der Waals surface area contributed by atoms with Gasteiger partial charge in [-0.1, -0.05) is 43.3 Å². The summed E-state index contributed by atoms with van der Waals surface area (Å²) in [6.45, 7) is 7.72. The zero-order chi connectivity index (χ0) is 22.0. The number of benzene rings is 2. The summed E-state index contributed by atoms with van der Waals surface area (Å²) in [6, 6.07) is 13.3. The zero-order valence-electron chi connectivity index (χ0n) is 18.0. The Morgan fingerprint density at radius 2 is 1.87 bits per heavy atom. The molecule has 0 atom stereocenters. The quantitative estimate of drug-likeness (QED) is 0.519. The van der Waals surface area contributed by atoms with Crippen LogP contribution in [0, 0.1) is 6.92 Å². The van der Waals surface area contributed by atoms with E-state index < -0.39 is 11.7 Å². The average molecular weight is 418 g/mol. The van der Waals surface area contributed by atoms with E-state index in [9.17, 15) is 9.59 Å². The molecular formula is C24H26N4O3. The maximum absolute atomic E-state index is 12.3. The number of aromatic nitrogens is 3. The minimum absolute atomic E-state index is 0.343. The molecule has 0 saturated carbocycles. The van der Waals surface area contributed by atoms with Crippen LogP contribution in [0.3, 0.4) is 0 Å². The zero-order valence-corrected chi connectivity index (χ0v) is 18.0. The molecule has 160 valence electrons. The van der Waals surface area contributed by atoms with Gasteiger partial charge in [0.25, 0.3) is 11.7 Å². The Hall–Kier alpha value is -3.48. The highest BCUT2D eigenvalue weighted by molar-refractivity contribution is 6.52. The van der Waals surface area contributed by atoms with Gasteiger partial charge in [-0.25, -0.2) is 0 Å². The van der Waals surface area contributed by atoms with Gasteiger partial charge in [-0.05, 0) is 48.6 Å². The molecular weight excluding hydrogens is 392 g/mol. The lowest BCUT2D eigenvalue weighted by Gasteiger charge is -2.16. The van der Waals surface area contributed by atoms with Crippen LogP contribution in [0.5, 0.6) is 5.75 Å². The summed E-state index contributed by atoms with van der Waals surface area (Å²) in [7, 11) is 0. The maximum Gasteiger partial charge on any atom is 0.299 e. The number of para-hydroxylation sites is 1. The Morgan fingerprint density at radius 1 is 1.06 bits per heavy atom. The van der Waals surface area contributed by atoms with Crippen molar-refractivity contribution in [2.24, 2.45) is 0 Å². The summed E-state index contributed by atoms with van der Waals surface area (Å²) in [5.74, 6) is 0.345. The molecule has 0 aliphatic carbocycles. The van der Waals surface area contributed by atoms with Gasteiger partial charge in [-0.15, -0.1) is 5.10 Å². The molecule has 2 heterocycles. The predicted molar refractivity (Wildman–Crippen MR) is 117 cm³/mol. The molecule has 2 aromatic carbocycles. The second kappa shape index (κ2) is 8.71. The molecule has 0 spiro atoms. The molecule has 0 fully saturated rings. The summed E-state index contributed by atoms with van der Waals surface area (Å²) in [6.07, 6.45) is 2.52. The number of Topliss-reactive ketones (excluding diaryl/α,β-unsaturated/α-hetero) is 1. The number of nitrogens with zero attached hydrogens (tertiary/aromatic N) is 4. The van der Waals surface area contributed by atoms with Gasteiger partial charge in [-0.3, -0.25) is 14.3 Å². The first-order chi connectivity index (χ1) is 14.9. The number of anilines is 1. The first-order valence-corrected chi connectivity index (χ1v) is 10.5. The van der Waals surface area contributed by atoms with Gasteiger partial charge in [0.15, 0.2) is 0 Å². The highest BCUT2D eigenvalue weighted by Crippen LogP contribution is 2.29. The molecule has 0 radical (unpaired) electrons. The third-order valence-corrected chi connectivity index (χ3v) is 5.40. The molecule has 3 aromatic rings. The second-order valence-electron chi connectivity index (χ2n) is 8.11. The predicted octanol–water partition coefficient (Wildman–Crippen LogP) is 3.91. The smallest absolute Gasteiger partial charge is 0.299 e. The van der Waals surface area contributed by atoms with E-state index in [0.29, 0.717) is 43.3 Å². The van der Waals surface area contributed by atoms with Crippen LogP contribution in [0.1, 0.15) is 53.4 Å². The highest BCUT2D eigenvalue weighted by atomic mass is 16.5. The van der Waals surface area contributed by atoms with E-state index >= 15 is 0 Å². The van der Waals surface area contributed by atoms with Crippen LogP contribution in [-0.4, -0.2) is 33.2 Å². The number of amides is 1.